The summed E-state index contributed by atoms with van der Waals surface area (Å²) in [5.41, 5.74) is 2.02. The standard InChI is InChI=1S/C22H27N7O4/c1-14-18(12-33-22(14)32)28-9-6-17(21(28)31)15-4-7-27(8-5-15)11-19(30)16-2-3-20(23-10-16)29-13-24-25-26-29/h2-3,10,13,15,17,19,30H,4-9,11-12H2,1H3. The molecule has 2 aromatic heterocycles. The third kappa shape index (κ3) is 4.25. The van der Waals surface area contributed by atoms with Gasteiger partial charge in [0.25, 0.3) is 0 Å². The van der Waals surface area contributed by atoms with Crippen LogP contribution in [-0.4, -0.2) is 84.8 Å². The van der Waals surface area contributed by atoms with Crippen molar-refractivity contribution in [1.82, 2.24) is 35.0 Å². The Balaban J connectivity index is 1.13. The minimum Gasteiger partial charge on any atom is -0.456 e. The second kappa shape index (κ2) is 8.99. The number of aliphatic hydroxyl groups is 1. The monoisotopic (exact) mass is 453 g/mol. The second-order valence-electron chi connectivity index (χ2n) is 8.89. The van der Waals surface area contributed by atoms with Gasteiger partial charge in [0.1, 0.15) is 12.9 Å². The topological polar surface area (TPSA) is 127 Å². The SMILES string of the molecule is CC1=C(N2CCC(C3CCN(CC(O)c4ccc(-n5cnnn5)nc4)CC3)C2=O)COC1=O. The molecule has 33 heavy (non-hydrogen) atoms. The van der Waals surface area contributed by atoms with Crippen LogP contribution in [-0.2, 0) is 14.3 Å². The maximum absolute atomic E-state index is 13.1. The van der Waals surface area contributed by atoms with Crippen LogP contribution in [0.2, 0.25) is 0 Å². The van der Waals surface area contributed by atoms with Crippen molar-refractivity contribution in [1.29, 1.82) is 0 Å². The average molecular weight is 454 g/mol. The molecule has 0 saturated carbocycles. The van der Waals surface area contributed by atoms with E-state index < -0.39 is 6.10 Å². The molecule has 3 aliphatic rings. The van der Waals surface area contributed by atoms with E-state index >= 15 is 0 Å². The summed E-state index contributed by atoms with van der Waals surface area (Å²) in [4.78, 5) is 33.0. The fraction of sp³-hybridized carbons (Fsp3) is 0.545. The van der Waals surface area contributed by atoms with E-state index in [4.69, 9.17) is 4.74 Å². The Bertz CT molecular complexity index is 1050. The van der Waals surface area contributed by atoms with Gasteiger partial charge in [0, 0.05) is 30.8 Å². The van der Waals surface area contributed by atoms with Crippen molar-refractivity contribution < 1.29 is 19.4 Å². The molecule has 0 radical (unpaired) electrons. The van der Waals surface area contributed by atoms with Gasteiger partial charge in [-0.05, 0) is 61.7 Å². The summed E-state index contributed by atoms with van der Waals surface area (Å²) < 4.78 is 6.54. The van der Waals surface area contributed by atoms with Crippen molar-refractivity contribution in [2.24, 2.45) is 11.8 Å². The third-order valence-electron chi connectivity index (χ3n) is 7.02. The van der Waals surface area contributed by atoms with Crippen LogP contribution >= 0.6 is 0 Å². The van der Waals surface area contributed by atoms with Crippen molar-refractivity contribution in [3.8, 4) is 5.82 Å². The van der Waals surface area contributed by atoms with Crippen molar-refractivity contribution in [2.75, 3.05) is 32.8 Å². The number of piperidine rings is 1. The molecule has 2 fully saturated rings. The number of likely N-dealkylation sites (tertiary alicyclic amines) is 2. The molecule has 0 bridgehead atoms. The number of aliphatic hydroxyl groups excluding tert-OH is 1. The molecule has 11 heteroatoms. The van der Waals surface area contributed by atoms with Crippen LogP contribution in [0.4, 0.5) is 0 Å². The highest BCUT2D eigenvalue weighted by Gasteiger charge is 2.41. The van der Waals surface area contributed by atoms with Gasteiger partial charge in [-0.2, -0.15) is 4.68 Å². The van der Waals surface area contributed by atoms with E-state index in [0.29, 0.717) is 30.4 Å². The zero-order chi connectivity index (χ0) is 22.9. The number of ether oxygens (including phenoxy) is 1. The Kier molecular flexibility index (Phi) is 5.90. The van der Waals surface area contributed by atoms with E-state index in [1.54, 1.807) is 24.1 Å². The predicted octanol–water partition coefficient (Wildman–Crippen LogP) is 0.482. The molecule has 174 valence electrons. The number of aromatic nitrogens is 5. The molecule has 11 nitrogen and oxygen atoms in total. The smallest absolute Gasteiger partial charge is 0.336 e. The number of pyridine rings is 1. The fourth-order valence-electron chi connectivity index (χ4n) is 5.04. The summed E-state index contributed by atoms with van der Waals surface area (Å²) in [6, 6.07) is 3.61. The first-order valence-electron chi connectivity index (χ1n) is 11.3. The number of carbonyl (C=O) groups excluding carboxylic acids is 2. The van der Waals surface area contributed by atoms with Crippen LogP contribution in [0.15, 0.2) is 35.9 Å². The summed E-state index contributed by atoms with van der Waals surface area (Å²) >= 11 is 0. The number of nitrogens with zero attached hydrogens (tertiary/aromatic N) is 7. The zero-order valence-corrected chi connectivity index (χ0v) is 18.5. The molecule has 1 amide bonds. The fourth-order valence-corrected chi connectivity index (χ4v) is 5.04. The van der Waals surface area contributed by atoms with E-state index in [-0.39, 0.29) is 24.4 Å². The van der Waals surface area contributed by atoms with Gasteiger partial charge in [-0.3, -0.25) is 4.79 Å². The van der Waals surface area contributed by atoms with Crippen molar-refractivity contribution in [3.05, 3.63) is 41.5 Å². The summed E-state index contributed by atoms with van der Waals surface area (Å²) in [7, 11) is 0. The number of carbonyl (C=O) groups is 2. The van der Waals surface area contributed by atoms with Gasteiger partial charge in [0.2, 0.25) is 5.91 Å². The van der Waals surface area contributed by atoms with E-state index in [1.807, 2.05) is 6.07 Å². The Morgan fingerprint density at radius 1 is 1.18 bits per heavy atom. The lowest BCUT2D eigenvalue weighted by atomic mass is 9.83. The lowest BCUT2D eigenvalue weighted by Gasteiger charge is -2.35. The van der Waals surface area contributed by atoms with Crippen molar-refractivity contribution >= 4 is 11.9 Å². The predicted molar refractivity (Wildman–Crippen MR) is 115 cm³/mol. The molecule has 0 aliphatic carbocycles. The van der Waals surface area contributed by atoms with Crippen LogP contribution in [0.25, 0.3) is 5.82 Å². The molecular formula is C22H27N7O4. The molecule has 3 aliphatic heterocycles. The minimum absolute atomic E-state index is 0.00362. The number of hydrogen-bond acceptors (Lipinski definition) is 9. The van der Waals surface area contributed by atoms with Crippen molar-refractivity contribution in [3.63, 3.8) is 0 Å². The molecule has 1 N–H and O–H groups in total. The molecule has 0 spiro atoms. The van der Waals surface area contributed by atoms with Crippen molar-refractivity contribution in [2.45, 2.75) is 32.3 Å². The summed E-state index contributed by atoms with van der Waals surface area (Å²) in [6.07, 6.45) is 5.12. The first-order valence-corrected chi connectivity index (χ1v) is 11.3. The molecule has 2 unspecified atom stereocenters. The van der Waals surface area contributed by atoms with Crippen LogP contribution in [0.1, 0.15) is 37.9 Å². The molecule has 2 atom stereocenters. The van der Waals surface area contributed by atoms with Gasteiger partial charge in [0.15, 0.2) is 5.82 Å². The maximum atomic E-state index is 13.1. The van der Waals surface area contributed by atoms with E-state index in [0.717, 1.165) is 43.6 Å². The van der Waals surface area contributed by atoms with Gasteiger partial charge in [-0.1, -0.05) is 6.07 Å². The van der Waals surface area contributed by atoms with Gasteiger partial charge in [0.05, 0.1) is 17.4 Å². The number of β-amino-alcohol motifs (C(OH)–C–C–N with tert-alkyl or cyclic N) is 1. The molecule has 2 aromatic rings. The molecular weight excluding hydrogens is 426 g/mol. The van der Waals surface area contributed by atoms with Crippen LogP contribution in [0.5, 0.6) is 0 Å². The summed E-state index contributed by atoms with van der Waals surface area (Å²) in [5.74, 6) is 0.706. The normalized spacial score (nSPS) is 23.5. The number of tetrazole rings is 1. The third-order valence-corrected chi connectivity index (χ3v) is 7.02. The zero-order valence-electron chi connectivity index (χ0n) is 18.5. The molecule has 5 rings (SSSR count). The maximum Gasteiger partial charge on any atom is 0.336 e. The summed E-state index contributed by atoms with van der Waals surface area (Å²) in [5, 5.41) is 21.7. The summed E-state index contributed by atoms with van der Waals surface area (Å²) in [6.45, 7) is 4.78. The Morgan fingerprint density at radius 3 is 2.64 bits per heavy atom. The lowest BCUT2D eigenvalue weighted by Crippen LogP contribution is -2.40. The lowest BCUT2D eigenvalue weighted by molar-refractivity contribution is -0.136. The second-order valence-corrected chi connectivity index (χ2v) is 8.89. The van der Waals surface area contributed by atoms with Crippen LogP contribution in [0, 0.1) is 11.8 Å². The van der Waals surface area contributed by atoms with E-state index in [1.165, 1.54) is 11.0 Å². The first-order chi connectivity index (χ1) is 16.0. The van der Waals surface area contributed by atoms with Gasteiger partial charge in [-0.25, -0.2) is 9.78 Å². The first kappa shape index (κ1) is 21.7. The number of amides is 1. The number of esters is 1. The van der Waals surface area contributed by atoms with Crippen LogP contribution in [0.3, 0.4) is 0 Å². The quantitative estimate of drug-likeness (QED) is 0.622. The Hall–Kier alpha value is -3.18. The van der Waals surface area contributed by atoms with E-state index in [9.17, 15) is 14.7 Å². The molecule has 5 heterocycles. The number of hydrogen-bond donors (Lipinski definition) is 1. The van der Waals surface area contributed by atoms with Crippen LogP contribution < -0.4 is 0 Å². The van der Waals surface area contributed by atoms with E-state index in [2.05, 4.69) is 25.4 Å². The highest BCUT2D eigenvalue weighted by atomic mass is 16.5. The van der Waals surface area contributed by atoms with Gasteiger partial charge < -0.3 is 19.6 Å². The van der Waals surface area contributed by atoms with Gasteiger partial charge in [-0.15, -0.1) is 5.10 Å². The molecule has 2 saturated heterocycles. The highest BCUT2D eigenvalue weighted by Crippen LogP contribution is 2.36. The van der Waals surface area contributed by atoms with Gasteiger partial charge >= 0.3 is 5.97 Å². The number of cyclic esters (lactones) is 1. The number of rotatable bonds is 6. The minimum atomic E-state index is -0.643. The Labute approximate surface area is 191 Å². The molecule has 0 aromatic carbocycles. The Morgan fingerprint density at radius 2 is 2.00 bits per heavy atom. The highest BCUT2D eigenvalue weighted by molar-refractivity contribution is 5.93. The largest absolute Gasteiger partial charge is 0.456 e. The average Bonchev–Trinajstić information content (AvgIpc) is 3.57.